The van der Waals surface area contributed by atoms with Gasteiger partial charge in [0.1, 0.15) is 11.0 Å². The highest BCUT2D eigenvalue weighted by molar-refractivity contribution is 7.22. The first-order valence-electron chi connectivity index (χ1n) is 4.56. The van der Waals surface area contributed by atoms with Gasteiger partial charge in [-0.1, -0.05) is 11.3 Å². The number of nitrogens with zero attached hydrogens (tertiary/aromatic N) is 5. The number of fused-ring (bicyclic) bond motifs is 3. The van der Waals surface area contributed by atoms with Crippen LogP contribution in [0, 0.1) is 0 Å². The van der Waals surface area contributed by atoms with E-state index in [1.807, 2.05) is 19.0 Å². The Hall–Kier alpha value is -1.96. The van der Waals surface area contributed by atoms with Gasteiger partial charge in [0.15, 0.2) is 16.4 Å². The smallest absolute Gasteiger partial charge is 0.349 e. The molecule has 0 bridgehead atoms. The van der Waals surface area contributed by atoms with Crippen LogP contribution in [0.1, 0.15) is 0 Å². The highest BCUT2D eigenvalue weighted by Crippen LogP contribution is 2.27. The summed E-state index contributed by atoms with van der Waals surface area (Å²) in [5.74, 6) is 0. The average Bonchev–Trinajstić information content (AvgIpc) is 2.81. The predicted octanol–water partition coefficient (Wildman–Crippen LogP) is 0.0933. The first-order chi connectivity index (χ1) is 7.66. The van der Waals surface area contributed by atoms with Gasteiger partial charge in [0.25, 0.3) is 0 Å². The van der Waals surface area contributed by atoms with Crippen LogP contribution >= 0.6 is 11.3 Å². The third-order valence-corrected chi connectivity index (χ3v) is 3.39. The van der Waals surface area contributed by atoms with E-state index in [1.165, 1.54) is 22.1 Å². The average molecular weight is 236 g/mol. The molecule has 0 saturated heterocycles. The van der Waals surface area contributed by atoms with Crippen molar-refractivity contribution in [1.29, 1.82) is 0 Å². The largest absolute Gasteiger partial charge is 0.354 e. The van der Waals surface area contributed by atoms with Gasteiger partial charge in [0.2, 0.25) is 0 Å². The van der Waals surface area contributed by atoms with Crippen LogP contribution in [-0.2, 0) is 0 Å². The van der Waals surface area contributed by atoms with Crippen molar-refractivity contribution in [2.45, 2.75) is 0 Å². The lowest BCUT2D eigenvalue weighted by Gasteiger charge is -2.04. The molecule has 7 nitrogen and oxygen atoms in total. The maximum Gasteiger partial charge on any atom is 0.349 e. The van der Waals surface area contributed by atoms with E-state index in [1.54, 1.807) is 0 Å². The molecule has 0 aromatic carbocycles. The molecular formula is C8H8N6OS. The number of nitrogens with one attached hydrogen (secondary N) is 1. The van der Waals surface area contributed by atoms with E-state index >= 15 is 0 Å². The second-order valence-corrected chi connectivity index (χ2v) is 4.49. The number of H-pyrrole nitrogens is 1. The normalized spacial score (nSPS) is 11.4. The fourth-order valence-corrected chi connectivity index (χ4v) is 2.33. The number of aromatic amines is 1. The van der Waals surface area contributed by atoms with E-state index in [2.05, 4.69) is 20.2 Å². The molecular weight excluding hydrogens is 228 g/mol. The molecule has 0 spiro atoms. The lowest BCUT2D eigenvalue weighted by Crippen LogP contribution is -2.09. The van der Waals surface area contributed by atoms with Crippen molar-refractivity contribution in [3.8, 4) is 0 Å². The monoisotopic (exact) mass is 236 g/mol. The maximum absolute atomic E-state index is 11.3. The Morgan fingerprint density at radius 2 is 2.31 bits per heavy atom. The van der Waals surface area contributed by atoms with Crippen LogP contribution < -0.4 is 10.6 Å². The zero-order valence-electron chi connectivity index (χ0n) is 8.63. The predicted molar refractivity (Wildman–Crippen MR) is 61.1 cm³/mol. The Balaban J connectivity index is 2.46. The summed E-state index contributed by atoms with van der Waals surface area (Å²) >= 11 is 1.46. The van der Waals surface area contributed by atoms with Crippen LogP contribution in [-0.4, -0.2) is 38.7 Å². The number of thiazole rings is 1. The number of rotatable bonds is 1. The molecule has 3 rings (SSSR count). The van der Waals surface area contributed by atoms with Crippen LogP contribution in [0.25, 0.3) is 16.0 Å². The topological polar surface area (TPSA) is 79.2 Å². The van der Waals surface area contributed by atoms with Gasteiger partial charge < -0.3 is 4.90 Å². The molecule has 3 heterocycles. The molecule has 1 N–H and O–H groups in total. The molecule has 0 fully saturated rings. The summed E-state index contributed by atoms with van der Waals surface area (Å²) in [6.45, 7) is 0. The Kier molecular flexibility index (Phi) is 1.75. The van der Waals surface area contributed by atoms with E-state index in [-0.39, 0.29) is 5.69 Å². The van der Waals surface area contributed by atoms with E-state index in [9.17, 15) is 4.79 Å². The fraction of sp³-hybridized carbons (Fsp3) is 0.250. The van der Waals surface area contributed by atoms with Crippen LogP contribution in [0.5, 0.6) is 0 Å². The van der Waals surface area contributed by atoms with Crippen LogP contribution in [0.4, 0.5) is 5.13 Å². The number of hydrogen-bond acceptors (Lipinski definition) is 6. The molecule has 16 heavy (non-hydrogen) atoms. The summed E-state index contributed by atoms with van der Waals surface area (Å²) in [5, 5.41) is 7.19. The van der Waals surface area contributed by atoms with Crippen molar-refractivity contribution in [1.82, 2.24) is 24.6 Å². The maximum atomic E-state index is 11.3. The molecule has 0 amide bonds. The van der Waals surface area contributed by atoms with Gasteiger partial charge in [-0.25, -0.2) is 19.3 Å². The molecule has 0 aliphatic rings. The third-order valence-electron chi connectivity index (χ3n) is 2.18. The molecule has 0 atom stereocenters. The summed E-state index contributed by atoms with van der Waals surface area (Å²) in [7, 11) is 3.82. The standard InChI is InChI=1S/C8H8N6OS/c1-13(2)8-10-5-4(16-8)6-11-12-7(15)14(6)3-9-5/h3H,1-2H3,(H,12,15). The summed E-state index contributed by atoms with van der Waals surface area (Å²) in [4.78, 5) is 21.7. The minimum absolute atomic E-state index is 0.288. The molecule has 0 saturated carbocycles. The van der Waals surface area contributed by atoms with Gasteiger partial charge in [0.05, 0.1) is 0 Å². The minimum atomic E-state index is -0.288. The van der Waals surface area contributed by atoms with E-state index < -0.39 is 0 Å². The molecule has 0 aliphatic heterocycles. The second kappa shape index (κ2) is 3.01. The number of hydrogen-bond donors (Lipinski definition) is 1. The minimum Gasteiger partial charge on any atom is -0.354 e. The second-order valence-electron chi connectivity index (χ2n) is 3.51. The molecule has 0 radical (unpaired) electrons. The summed E-state index contributed by atoms with van der Waals surface area (Å²) < 4.78 is 2.18. The SMILES string of the molecule is CN(C)c1nc2ncn3c(=O)[nH]nc3c2s1. The summed E-state index contributed by atoms with van der Waals surface area (Å²) in [6, 6.07) is 0. The van der Waals surface area contributed by atoms with Crippen molar-refractivity contribution in [3.05, 3.63) is 16.8 Å². The van der Waals surface area contributed by atoms with E-state index in [0.717, 1.165) is 9.83 Å². The van der Waals surface area contributed by atoms with E-state index in [4.69, 9.17) is 0 Å². The van der Waals surface area contributed by atoms with Gasteiger partial charge in [-0.15, -0.1) is 0 Å². The molecule has 8 heteroatoms. The first kappa shape index (κ1) is 9.28. The first-order valence-corrected chi connectivity index (χ1v) is 5.38. The zero-order valence-corrected chi connectivity index (χ0v) is 9.45. The van der Waals surface area contributed by atoms with Crippen LogP contribution in [0.3, 0.4) is 0 Å². The number of anilines is 1. The third kappa shape index (κ3) is 1.13. The van der Waals surface area contributed by atoms with Gasteiger partial charge in [-0.05, 0) is 0 Å². The lowest BCUT2D eigenvalue weighted by atomic mass is 10.6. The van der Waals surface area contributed by atoms with Gasteiger partial charge in [-0.3, -0.25) is 0 Å². The highest BCUT2D eigenvalue weighted by atomic mass is 32.1. The van der Waals surface area contributed by atoms with Crippen molar-refractivity contribution in [2.75, 3.05) is 19.0 Å². The molecule has 0 aliphatic carbocycles. The quantitative estimate of drug-likeness (QED) is 0.648. The Morgan fingerprint density at radius 1 is 1.50 bits per heavy atom. The fourth-order valence-electron chi connectivity index (χ4n) is 1.41. The van der Waals surface area contributed by atoms with Crippen LogP contribution in [0.2, 0.25) is 0 Å². The van der Waals surface area contributed by atoms with Gasteiger partial charge >= 0.3 is 5.69 Å². The Bertz CT molecular complexity index is 723. The van der Waals surface area contributed by atoms with Gasteiger partial charge in [0, 0.05) is 14.1 Å². The van der Waals surface area contributed by atoms with E-state index in [0.29, 0.717) is 11.3 Å². The summed E-state index contributed by atoms with van der Waals surface area (Å²) in [6.07, 6.45) is 1.43. The molecule has 0 unspecified atom stereocenters. The lowest BCUT2D eigenvalue weighted by molar-refractivity contribution is 1.00. The highest BCUT2D eigenvalue weighted by Gasteiger charge is 2.12. The zero-order chi connectivity index (χ0) is 11.3. The Labute approximate surface area is 93.4 Å². The molecule has 3 aromatic rings. The molecule has 3 aromatic heterocycles. The molecule has 82 valence electrons. The van der Waals surface area contributed by atoms with Crippen molar-refractivity contribution in [3.63, 3.8) is 0 Å². The van der Waals surface area contributed by atoms with Crippen molar-refractivity contribution < 1.29 is 0 Å². The van der Waals surface area contributed by atoms with Crippen LogP contribution in [0.15, 0.2) is 11.1 Å². The number of aromatic nitrogens is 5. The van der Waals surface area contributed by atoms with Crippen molar-refractivity contribution in [2.24, 2.45) is 0 Å². The van der Waals surface area contributed by atoms with Crippen molar-refractivity contribution >= 4 is 32.5 Å². The van der Waals surface area contributed by atoms with Gasteiger partial charge in [-0.2, -0.15) is 10.1 Å². The Morgan fingerprint density at radius 3 is 3.06 bits per heavy atom. The summed E-state index contributed by atoms with van der Waals surface area (Å²) in [5.41, 5.74) is 0.894.